The summed E-state index contributed by atoms with van der Waals surface area (Å²) >= 11 is 0. The van der Waals surface area contributed by atoms with Crippen molar-refractivity contribution in [3.05, 3.63) is 222 Å². The highest BCUT2D eigenvalue weighted by Gasteiger charge is 2.47. The summed E-state index contributed by atoms with van der Waals surface area (Å²) in [7, 11) is 0. The minimum absolute atomic E-state index is 0.0471. The van der Waals surface area contributed by atoms with E-state index in [9.17, 15) is 24.0 Å². The third-order valence-corrected chi connectivity index (χ3v) is 9.18. The van der Waals surface area contributed by atoms with E-state index in [1.165, 1.54) is 71.7 Å². The molecular weight excluding hydrogens is 779 g/mol. The van der Waals surface area contributed by atoms with Crippen LogP contribution in [0.25, 0.3) is 5.69 Å². The molecule has 1 aromatic heterocycles. The van der Waals surface area contributed by atoms with Crippen LogP contribution in [0.4, 0.5) is 0 Å². The molecule has 0 unspecified atom stereocenters. The molecule has 0 saturated heterocycles. The van der Waals surface area contributed by atoms with Gasteiger partial charge in [0, 0.05) is 0 Å². The average Bonchev–Trinajstić information content (AvgIpc) is 3.82. The monoisotopic (exact) mass is 815 g/mol. The van der Waals surface area contributed by atoms with Crippen molar-refractivity contribution in [2.24, 2.45) is 0 Å². The number of para-hydroxylation sites is 1. The summed E-state index contributed by atoms with van der Waals surface area (Å²) in [6.07, 6.45) is -5.86. The van der Waals surface area contributed by atoms with Gasteiger partial charge in [0.25, 0.3) is 0 Å². The van der Waals surface area contributed by atoms with Gasteiger partial charge in [0.15, 0.2) is 24.4 Å². The van der Waals surface area contributed by atoms with Crippen molar-refractivity contribution in [3.63, 3.8) is 0 Å². The van der Waals surface area contributed by atoms with Gasteiger partial charge in [-0.1, -0.05) is 109 Å². The molecule has 6 aromatic carbocycles. The van der Waals surface area contributed by atoms with Crippen molar-refractivity contribution < 1.29 is 47.7 Å². The lowest BCUT2D eigenvalue weighted by Gasteiger charge is -2.35. The quantitative estimate of drug-likeness (QED) is 0.0691. The van der Waals surface area contributed by atoms with Crippen molar-refractivity contribution in [3.8, 4) is 5.69 Å². The van der Waals surface area contributed by atoms with Crippen LogP contribution in [0.5, 0.6) is 0 Å². The molecule has 13 heteroatoms. The van der Waals surface area contributed by atoms with E-state index in [4.69, 9.17) is 23.7 Å². The first-order chi connectivity index (χ1) is 29.8. The number of ether oxygens (including phenoxy) is 5. The molecule has 0 saturated carbocycles. The number of carbonyl (C=O) groups excluding carboxylic acids is 5. The molecule has 0 aliphatic heterocycles. The third-order valence-electron chi connectivity index (χ3n) is 9.18. The molecule has 61 heavy (non-hydrogen) atoms. The summed E-state index contributed by atoms with van der Waals surface area (Å²) in [6.45, 7) is -0.728. The smallest absolute Gasteiger partial charge is 0.338 e. The molecule has 0 radical (unpaired) electrons. The van der Waals surface area contributed by atoms with Crippen LogP contribution in [0.1, 0.15) is 63.6 Å². The fraction of sp³-hybridized carbons (Fsp3) is 0.104. The Morgan fingerprint density at radius 2 is 0.787 bits per heavy atom. The summed E-state index contributed by atoms with van der Waals surface area (Å²) in [5.41, 5.74) is 1.04. The summed E-state index contributed by atoms with van der Waals surface area (Å²) in [6, 6.07) is 48.7. The van der Waals surface area contributed by atoms with E-state index in [1.54, 1.807) is 115 Å². The number of nitrogens with zero attached hydrogens (tertiary/aromatic N) is 3. The maximum atomic E-state index is 14.2. The lowest BCUT2D eigenvalue weighted by Crippen LogP contribution is -2.51. The van der Waals surface area contributed by atoms with Gasteiger partial charge in [0.1, 0.15) is 12.3 Å². The molecule has 7 aromatic rings. The van der Waals surface area contributed by atoms with Gasteiger partial charge in [-0.05, 0) is 72.8 Å². The molecule has 4 atom stereocenters. The number of aromatic nitrogens is 3. The van der Waals surface area contributed by atoms with Gasteiger partial charge in [-0.2, -0.15) is 9.90 Å². The standard InChI is InChI=1S/C48H37N3O10/c52-44(33-19-7-1-8-20-33)57-32-40(58-45(53)34-21-9-2-10-22-34)42(60-47(55)36-25-13-4-14-26-36)43(61-48(56)37-27-15-5-16-28-37)41(59-46(54)35-23-11-3-12-24-35)39-31-49-51(50-39)38-29-17-6-18-30-38/h1-31,40-43H,32H2/t40-,41-,42-,43-/m1/s1. The molecule has 0 spiro atoms. The zero-order valence-corrected chi connectivity index (χ0v) is 32.3. The summed E-state index contributed by atoms with van der Waals surface area (Å²) in [4.78, 5) is 71.1. The van der Waals surface area contributed by atoms with Gasteiger partial charge in [0.05, 0.1) is 39.7 Å². The number of esters is 5. The highest BCUT2D eigenvalue weighted by Crippen LogP contribution is 2.32. The van der Waals surface area contributed by atoms with Gasteiger partial charge in [-0.15, -0.1) is 5.10 Å². The Morgan fingerprint density at radius 1 is 0.426 bits per heavy atom. The zero-order valence-electron chi connectivity index (χ0n) is 32.3. The Labute approximate surface area is 350 Å². The molecule has 0 aliphatic carbocycles. The van der Waals surface area contributed by atoms with Crippen LogP contribution in [0, 0.1) is 0 Å². The largest absolute Gasteiger partial charge is 0.458 e. The van der Waals surface area contributed by atoms with E-state index in [1.807, 2.05) is 6.07 Å². The highest BCUT2D eigenvalue weighted by molar-refractivity contribution is 5.92. The van der Waals surface area contributed by atoms with Crippen LogP contribution in [0.15, 0.2) is 188 Å². The summed E-state index contributed by atoms with van der Waals surface area (Å²) in [5.74, 6) is -4.45. The first kappa shape index (κ1) is 41.0. The fourth-order valence-electron chi connectivity index (χ4n) is 6.12. The second-order valence-corrected chi connectivity index (χ2v) is 13.3. The van der Waals surface area contributed by atoms with Gasteiger partial charge in [0.2, 0.25) is 0 Å². The first-order valence-corrected chi connectivity index (χ1v) is 19.1. The maximum absolute atomic E-state index is 14.2. The second-order valence-electron chi connectivity index (χ2n) is 13.3. The molecule has 304 valence electrons. The van der Waals surface area contributed by atoms with Crippen LogP contribution in [-0.2, 0) is 23.7 Å². The molecule has 0 aliphatic rings. The van der Waals surface area contributed by atoms with Gasteiger partial charge < -0.3 is 23.7 Å². The Hall–Kier alpha value is -8.19. The molecule has 13 nitrogen and oxygen atoms in total. The minimum Gasteiger partial charge on any atom is -0.458 e. The normalized spacial score (nSPS) is 12.7. The van der Waals surface area contributed by atoms with E-state index in [0.717, 1.165) is 0 Å². The Morgan fingerprint density at radius 3 is 1.23 bits per heavy atom. The molecule has 0 fully saturated rings. The number of benzene rings is 6. The summed E-state index contributed by atoms with van der Waals surface area (Å²) in [5, 5.41) is 9.05. The average molecular weight is 816 g/mol. The minimum atomic E-state index is -1.87. The number of rotatable bonds is 16. The fourth-order valence-corrected chi connectivity index (χ4v) is 6.12. The molecule has 0 N–H and O–H groups in total. The van der Waals surface area contributed by atoms with E-state index in [0.29, 0.717) is 5.69 Å². The topological polar surface area (TPSA) is 162 Å². The van der Waals surface area contributed by atoms with Gasteiger partial charge in [-0.25, -0.2) is 24.0 Å². The Kier molecular flexibility index (Phi) is 13.4. The van der Waals surface area contributed by atoms with Crippen LogP contribution in [-0.4, -0.2) is 69.8 Å². The predicted molar refractivity (Wildman–Crippen MR) is 220 cm³/mol. The number of carbonyl (C=O) groups is 5. The van der Waals surface area contributed by atoms with Crippen LogP contribution < -0.4 is 0 Å². The number of hydrogen-bond donors (Lipinski definition) is 0. The lowest BCUT2D eigenvalue weighted by atomic mass is 9.99. The van der Waals surface area contributed by atoms with Gasteiger partial charge in [-0.3, -0.25) is 0 Å². The second kappa shape index (κ2) is 20.0. The predicted octanol–water partition coefficient (Wildman–Crippen LogP) is 7.70. The van der Waals surface area contributed by atoms with Crippen molar-refractivity contribution in [2.75, 3.05) is 6.61 Å². The Bertz CT molecular complexity index is 2540. The van der Waals surface area contributed by atoms with E-state index < -0.39 is 60.9 Å². The molecule has 7 rings (SSSR count). The molecule has 1 heterocycles. The molecular formula is C48H37N3O10. The van der Waals surface area contributed by atoms with Crippen LogP contribution in [0.3, 0.4) is 0 Å². The van der Waals surface area contributed by atoms with E-state index in [-0.39, 0.29) is 33.5 Å². The SMILES string of the molecule is O=C(OC[C@@H](OC(=O)c1ccccc1)[C@@H](OC(=O)c1ccccc1)[C@H](OC(=O)c1ccccc1)[C@H](OC(=O)c1ccccc1)c1cnn(-c2ccccc2)n1)c1ccccc1. The van der Waals surface area contributed by atoms with Gasteiger partial charge >= 0.3 is 29.8 Å². The third kappa shape index (κ3) is 10.7. The first-order valence-electron chi connectivity index (χ1n) is 19.1. The zero-order chi connectivity index (χ0) is 42.4. The van der Waals surface area contributed by atoms with E-state index >= 15 is 0 Å². The maximum Gasteiger partial charge on any atom is 0.338 e. The summed E-state index contributed by atoms with van der Waals surface area (Å²) < 4.78 is 30.5. The Balaban J connectivity index is 1.39. The van der Waals surface area contributed by atoms with Crippen molar-refractivity contribution >= 4 is 29.8 Å². The van der Waals surface area contributed by atoms with E-state index in [2.05, 4.69) is 10.2 Å². The van der Waals surface area contributed by atoms with Crippen molar-refractivity contribution in [1.29, 1.82) is 0 Å². The van der Waals surface area contributed by atoms with Crippen LogP contribution in [0.2, 0.25) is 0 Å². The lowest BCUT2D eigenvalue weighted by molar-refractivity contribution is -0.133. The molecule has 0 bridgehead atoms. The van der Waals surface area contributed by atoms with Crippen LogP contribution >= 0.6 is 0 Å². The van der Waals surface area contributed by atoms with Crippen molar-refractivity contribution in [1.82, 2.24) is 15.0 Å². The van der Waals surface area contributed by atoms with Crippen molar-refractivity contribution in [2.45, 2.75) is 24.4 Å². The number of hydrogen-bond acceptors (Lipinski definition) is 12. The highest BCUT2D eigenvalue weighted by atomic mass is 16.6. The molecule has 0 amide bonds.